The van der Waals surface area contributed by atoms with E-state index in [0.29, 0.717) is 11.1 Å². The lowest BCUT2D eigenvalue weighted by molar-refractivity contribution is -0.145. The third-order valence-corrected chi connectivity index (χ3v) is 4.81. The molecule has 1 atom stereocenters. The van der Waals surface area contributed by atoms with Crippen molar-refractivity contribution in [1.29, 1.82) is 0 Å². The van der Waals surface area contributed by atoms with Crippen LogP contribution in [0.3, 0.4) is 0 Å². The SMILES string of the molecule is CC(C)(C)c1ccc(C(=O)COC(=O)C(NC(=O)c2ccco2)c2ccccc2)cc1. The summed E-state index contributed by atoms with van der Waals surface area (Å²) in [7, 11) is 0. The summed E-state index contributed by atoms with van der Waals surface area (Å²) in [5, 5.41) is 2.60. The van der Waals surface area contributed by atoms with Gasteiger partial charge in [0.15, 0.2) is 24.2 Å². The maximum absolute atomic E-state index is 12.8. The van der Waals surface area contributed by atoms with Gasteiger partial charge in [0.05, 0.1) is 6.26 Å². The Morgan fingerprint density at radius 3 is 2.19 bits per heavy atom. The van der Waals surface area contributed by atoms with Crippen molar-refractivity contribution in [3.8, 4) is 0 Å². The highest BCUT2D eigenvalue weighted by atomic mass is 16.5. The van der Waals surface area contributed by atoms with Gasteiger partial charge in [0.2, 0.25) is 0 Å². The number of carbonyl (C=O) groups excluding carboxylic acids is 3. The minimum absolute atomic E-state index is 0.0247. The molecule has 31 heavy (non-hydrogen) atoms. The average molecular weight is 419 g/mol. The van der Waals surface area contributed by atoms with Crippen LogP contribution < -0.4 is 5.32 Å². The van der Waals surface area contributed by atoms with Gasteiger partial charge in [-0.15, -0.1) is 0 Å². The van der Waals surface area contributed by atoms with Crippen LogP contribution in [0.25, 0.3) is 0 Å². The number of carbonyl (C=O) groups is 3. The summed E-state index contributed by atoms with van der Waals surface area (Å²) in [6.07, 6.45) is 1.37. The summed E-state index contributed by atoms with van der Waals surface area (Å²) in [5.41, 5.74) is 2.07. The molecule has 1 amide bonds. The third kappa shape index (κ3) is 5.69. The van der Waals surface area contributed by atoms with Crippen molar-refractivity contribution in [3.63, 3.8) is 0 Å². The van der Waals surface area contributed by atoms with Crippen molar-refractivity contribution in [2.45, 2.75) is 32.2 Å². The van der Waals surface area contributed by atoms with Crippen molar-refractivity contribution in [2.24, 2.45) is 0 Å². The summed E-state index contributed by atoms with van der Waals surface area (Å²) < 4.78 is 10.3. The standard InChI is InChI=1S/C25H25NO5/c1-25(2,3)19-13-11-17(12-14-19)20(27)16-31-24(29)22(18-8-5-4-6-9-18)26-23(28)21-10-7-15-30-21/h4-15,22H,16H2,1-3H3,(H,26,28). The summed E-state index contributed by atoms with van der Waals surface area (Å²) in [6.45, 7) is 5.85. The Bertz CT molecular complexity index is 1030. The molecule has 160 valence electrons. The number of rotatable bonds is 7. The predicted molar refractivity (Wildman–Crippen MR) is 116 cm³/mol. The van der Waals surface area contributed by atoms with Crippen molar-refractivity contribution < 1.29 is 23.5 Å². The number of hydrogen-bond donors (Lipinski definition) is 1. The van der Waals surface area contributed by atoms with E-state index in [9.17, 15) is 14.4 Å². The Kier molecular flexibility index (Phi) is 6.70. The number of ketones is 1. The summed E-state index contributed by atoms with van der Waals surface area (Å²) in [5.74, 6) is -1.53. The maximum atomic E-state index is 12.8. The summed E-state index contributed by atoms with van der Waals surface area (Å²) >= 11 is 0. The monoisotopic (exact) mass is 419 g/mol. The molecular weight excluding hydrogens is 394 g/mol. The molecule has 1 N–H and O–H groups in total. The van der Waals surface area contributed by atoms with Gasteiger partial charge in [-0.25, -0.2) is 4.79 Å². The van der Waals surface area contributed by atoms with E-state index in [1.54, 1.807) is 48.5 Å². The van der Waals surface area contributed by atoms with Gasteiger partial charge in [-0.1, -0.05) is 75.4 Å². The Balaban J connectivity index is 1.68. The van der Waals surface area contributed by atoms with Crippen LogP contribution in [0, 0.1) is 0 Å². The van der Waals surface area contributed by atoms with Crippen LogP contribution in [0.5, 0.6) is 0 Å². The van der Waals surface area contributed by atoms with E-state index in [2.05, 4.69) is 26.1 Å². The number of esters is 1. The highest BCUT2D eigenvalue weighted by molar-refractivity contribution is 5.99. The third-order valence-electron chi connectivity index (χ3n) is 4.81. The minimum Gasteiger partial charge on any atom is -0.459 e. The van der Waals surface area contributed by atoms with Crippen LogP contribution >= 0.6 is 0 Å². The first-order chi connectivity index (χ1) is 14.8. The van der Waals surface area contributed by atoms with Crippen LogP contribution in [0.15, 0.2) is 77.4 Å². The van der Waals surface area contributed by atoms with E-state index in [1.165, 1.54) is 12.3 Å². The molecule has 1 heterocycles. The van der Waals surface area contributed by atoms with Crippen LogP contribution in [-0.4, -0.2) is 24.3 Å². The number of hydrogen-bond acceptors (Lipinski definition) is 5. The fourth-order valence-corrected chi connectivity index (χ4v) is 2.99. The molecule has 3 aromatic rings. The summed E-state index contributed by atoms with van der Waals surface area (Å²) in [6, 6.07) is 17.9. The molecule has 0 aliphatic carbocycles. The van der Waals surface area contributed by atoms with Crippen LogP contribution in [-0.2, 0) is 14.9 Å². The molecule has 0 aliphatic heterocycles. The molecule has 0 radical (unpaired) electrons. The maximum Gasteiger partial charge on any atom is 0.333 e. The van der Waals surface area contributed by atoms with Crippen LogP contribution in [0.1, 0.15) is 58.9 Å². The zero-order chi connectivity index (χ0) is 22.4. The molecule has 0 aliphatic rings. The predicted octanol–water partition coefficient (Wildman–Crippen LogP) is 4.47. The average Bonchev–Trinajstić information content (AvgIpc) is 3.30. The number of Topliss-reactive ketones (excluding diaryl/α,β-unsaturated/α-hetero) is 1. The van der Waals surface area contributed by atoms with E-state index in [0.717, 1.165) is 5.56 Å². The van der Waals surface area contributed by atoms with Crippen molar-refractivity contribution in [1.82, 2.24) is 5.32 Å². The van der Waals surface area contributed by atoms with Crippen LogP contribution in [0.2, 0.25) is 0 Å². The van der Waals surface area contributed by atoms with Gasteiger partial charge < -0.3 is 14.5 Å². The molecule has 0 saturated carbocycles. The van der Waals surface area contributed by atoms with Gasteiger partial charge in [-0.05, 0) is 28.7 Å². The van der Waals surface area contributed by atoms with Crippen molar-refractivity contribution in [2.75, 3.05) is 6.61 Å². The lowest BCUT2D eigenvalue weighted by Gasteiger charge is -2.19. The quantitative estimate of drug-likeness (QED) is 0.451. The lowest BCUT2D eigenvalue weighted by atomic mass is 9.86. The Morgan fingerprint density at radius 2 is 1.61 bits per heavy atom. The fraction of sp³-hybridized carbons (Fsp3) is 0.240. The second kappa shape index (κ2) is 9.43. The topological polar surface area (TPSA) is 85.6 Å². The molecule has 3 rings (SSSR count). The molecule has 6 nitrogen and oxygen atoms in total. The molecule has 0 fully saturated rings. The molecular formula is C25H25NO5. The second-order valence-electron chi connectivity index (χ2n) is 8.15. The largest absolute Gasteiger partial charge is 0.459 e. The van der Waals surface area contributed by atoms with Gasteiger partial charge in [-0.3, -0.25) is 9.59 Å². The van der Waals surface area contributed by atoms with E-state index in [1.807, 2.05) is 12.1 Å². The first kappa shape index (κ1) is 22.0. The van der Waals surface area contributed by atoms with Gasteiger partial charge in [0, 0.05) is 5.56 Å². The number of nitrogens with one attached hydrogen (secondary N) is 1. The molecule has 0 bridgehead atoms. The Morgan fingerprint density at radius 1 is 0.935 bits per heavy atom. The van der Waals surface area contributed by atoms with E-state index < -0.39 is 24.5 Å². The Hall–Kier alpha value is -3.67. The first-order valence-electron chi connectivity index (χ1n) is 9.95. The van der Waals surface area contributed by atoms with Gasteiger partial charge in [0.1, 0.15) is 0 Å². The highest BCUT2D eigenvalue weighted by Crippen LogP contribution is 2.22. The number of benzene rings is 2. The molecule has 1 aromatic heterocycles. The zero-order valence-corrected chi connectivity index (χ0v) is 17.8. The number of amides is 1. The molecule has 2 aromatic carbocycles. The highest BCUT2D eigenvalue weighted by Gasteiger charge is 2.26. The van der Waals surface area contributed by atoms with Crippen molar-refractivity contribution >= 4 is 17.7 Å². The molecule has 0 saturated heterocycles. The Labute approximate surface area is 181 Å². The van der Waals surface area contributed by atoms with Gasteiger partial charge in [-0.2, -0.15) is 0 Å². The van der Waals surface area contributed by atoms with Crippen LogP contribution in [0.4, 0.5) is 0 Å². The van der Waals surface area contributed by atoms with E-state index in [-0.39, 0.29) is 17.0 Å². The first-order valence-corrected chi connectivity index (χ1v) is 9.95. The summed E-state index contributed by atoms with van der Waals surface area (Å²) in [4.78, 5) is 37.6. The van der Waals surface area contributed by atoms with E-state index in [4.69, 9.17) is 9.15 Å². The molecule has 0 spiro atoms. The van der Waals surface area contributed by atoms with E-state index >= 15 is 0 Å². The fourth-order valence-electron chi connectivity index (χ4n) is 2.99. The number of ether oxygens (including phenoxy) is 1. The van der Waals surface area contributed by atoms with Gasteiger partial charge >= 0.3 is 5.97 Å². The van der Waals surface area contributed by atoms with Gasteiger partial charge in [0.25, 0.3) is 5.91 Å². The van der Waals surface area contributed by atoms with Crippen molar-refractivity contribution in [3.05, 3.63) is 95.4 Å². The molecule has 6 heteroatoms. The normalized spacial score (nSPS) is 12.1. The second-order valence-corrected chi connectivity index (χ2v) is 8.15. The number of furan rings is 1. The molecule has 1 unspecified atom stereocenters. The minimum atomic E-state index is -1.07. The lowest BCUT2D eigenvalue weighted by Crippen LogP contribution is -2.35. The zero-order valence-electron chi connectivity index (χ0n) is 17.8. The smallest absolute Gasteiger partial charge is 0.333 e.